The molecule has 0 aliphatic rings. The lowest BCUT2D eigenvalue weighted by molar-refractivity contribution is 0.404. The van der Waals surface area contributed by atoms with E-state index in [0.29, 0.717) is 0 Å². The molecule has 25 heavy (non-hydrogen) atoms. The SMILES string of the molecule is COc1ccc(OC)c(-c2ccc(SCc3ccccc3C)nn2)c1. The van der Waals surface area contributed by atoms with E-state index < -0.39 is 0 Å². The standard InChI is InChI=1S/C20H20N2O2S/c1-14-6-4-5-7-15(14)13-25-20-11-9-18(21-22-20)17-12-16(23-2)8-10-19(17)24-3/h4-12H,13H2,1-3H3. The first-order valence-electron chi connectivity index (χ1n) is 7.94. The summed E-state index contributed by atoms with van der Waals surface area (Å²) < 4.78 is 10.7. The molecule has 4 nitrogen and oxygen atoms in total. The molecule has 0 spiro atoms. The van der Waals surface area contributed by atoms with Crippen molar-refractivity contribution >= 4 is 11.8 Å². The van der Waals surface area contributed by atoms with Crippen molar-refractivity contribution in [2.45, 2.75) is 17.7 Å². The Morgan fingerprint density at radius 1 is 0.920 bits per heavy atom. The second-order valence-electron chi connectivity index (χ2n) is 5.54. The summed E-state index contributed by atoms with van der Waals surface area (Å²) in [5.41, 5.74) is 4.23. The highest BCUT2D eigenvalue weighted by Gasteiger charge is 2.10. The van der Waals surface area contributed by atoms with E-state index in [1.807, 2.05) is 30.3 Å². The first kappa shape index (κ1) is 17.3. The van der Waals surface area contributed by atoms with Crippen LogP contribution in [0.25, 0.3) is 11.3 Å². The molecular formula is C20H20N2O2S. The maximum Gasteiger partial charge on any atom is 0.128 e. The molecule has 5 heteroatoms. The molecule has 3 aromatic rings. The second-order valence-corrected chi connectivity index (χ2v) is 6.53. The van der Waals surface area contributed by atoms with Crippen LogP contribution in [0.3, 0.4) is 0 Å². The molecule has 0 radical (unpaired) electrons. The van der Waals surface area contributed by atoms with Crippen LogP contribution in [0.2, 0.25) is 0 Å². The third-order valence-corrected chi connectivity index (χ3v) is 4.93. The Labute approximate surface area is 152 Å². The number of hydrogen-bond donors (Lipinski definition) is 0. The highest BCUT2D eigenvalue weighted by molar-refractivity contribution is 7.98. The summed E-state index contributed by atoms with van der Waals surface area (Å²) in [5.74, 6) is 2.38. The summed E-state index contributed by atoms with van der Waals surface area (Å²) >= 11 is 1.68. The van der Waals surface area contributed by atoms with Crippen LogP contribution in [-0.2, 0) is 5.75 Å². The molecule has 0 amide bonds. The van der Waals surface area contributed by atoms with Gasteiger partial charge in [-0.3, -0.25) is 0 Å². The van der Waals surface area contributed by atoms with Gasteiger partial charge in [-0.1, -0.05) is 36.0 Å². The third-order valence-electron chi connectivity index (χ3n) is 3.96. The molecule has 0 aliphatic carbocycles. The van der Waals surface area contributed by atoms with Crippen molar-refractivity contribution in [2.75, 3.05) is 14.2 Å². The molecule has 2 aromatic carbocycles. The van der Waals surface area contributed by atoms with E-state index in [1.165, 1.54) is 11.1 Å². The van der Waals surface area contributed by atoms with E-state index in [-0.39, 0.29) is 0 Å². The van der Waals surface area contributed by atoms with Gasteiger partial charge in [0.1, 0.15) is 16.5 Å². The number of methoxy groups -OCH3 is 2. The first-order valence-corrected chi connectivity index (χ1v) is 8.93. The van der Waals surface area contributed by atoms with E-state index in [4.69, 9.17) is 9.47 Å². The van der Waals surface area contributed by atoms with Crippen LogP contribution in [0.15, 0.2) is 59.6 Å². The molecule has 0 unspecified atom stereocenters. The first-order chi connectivity index (χ1) is 12.2. The molecule has 0 aliphatic heterocycles. The van der Waals surface area contributed by atoms with Gasteiger partial charge in [-0.05, 0) is 48.4 Å². The molecule has 0 fully saturated rings. The van der Waals surface area contributed by atoms with Gasteiger partial charge in [-0.15, -0.1) is 10.2 Å². The Kier molecular flexibility index (Phi) is 5.56. The highest BCUT2D eigenvalue weighted by atomic mass is 32.2. The number of benzene rings is 2. The highest BCUT2D eigenvalue weighted by Crippen LogP contribution is 2.32. The van der Waals surface area contributed by atoms with Crippen molar-refractivity contribution in [1.29, 1.82) is 0 Å². The van der Waals surface area contributed by atoms with Gasteiger partial charge in [-0.25, -0.2) is 0 Å². The molecule has 0 atom stereocenters. The Hall–Kier alpha value is -2.53. The quantitative estimate of drug-likeness (QED) is 0.598. The van der Waals surface area contributed by atoms with Gasteiger partial charge in [0, 0.05) is 11.3 Å². The average molecular weight is 352 g/mol. The van der Waals surface area contributed by atoms with E-state index in [9.17, 15) is 0 Å². The molecule has 0 N–H and O–H groups in total. The van der Waals surface area contributed by atoms with Crippen molar-refractivity contribution in [3.63, 3.8) is 0 Å². The molecule has 3 rings (SSSR count). The van der Waals surface area contributed by atoms with Crippen LogP contribution in [0, 0.1) is 6.92 Å². The fourth-order valence-corrected chi connectivity index (χ4v) is 3.37. The summed E-state index contributed by atoms with van der Waals surface area (Å²) in [7, 11) is 3.29. The van der Waals surface area contributed by atoms with Gasteiger partial charge in [0.15, 0.2) is 0 Å². The van der Waals surface area contributed by atoms with Crippen molar-refractivity contribution in [3.05, 3.63) is 65.7 Å². The Morgan fingerprint density at radius 3 is 2.44 bits per heavy atom. The largest absolute Gasteiger partial charge is 0.497 e. The van der Waals surface area contributed by atoms with E-state index >= 15 is 0 Å². The van der Waals surface area contributed by atoms with E-state index in [0.717, 1.165) is 33.5 Å². The maximum atomic E-state index is 5.42. The van der Waals surface area contributed by atoms with Crippen LogP contribution >= 0.6 is 11.8 Å². The molecular weight excluding hydrogens is 332 g/mol. The normalized spacial score (nSPS) is 10.5. The fourth-order valence-electron chi connectivity index (χ4n) is 2.48. The monoisotopic (exact) mass is 352 g/mol. The summed E-state index contributed by atoms with van der Waals surface area (Å²) in [6.45, 7) is 2.12. The Bertz CT molecular complexity index is 851. The Balaban J connectivity index is 1.77. The minimum atomic E-state index is 0.746. The van der Waals surface area contributed by atoms with Crippen molar-refractivity contribution < 1.29 is 9.47 Å². The molecule has 0 saturated carbocycles. The van der Waals surface area contributed by atoms with Gasteiger partial charge in [-0.2, -0.15) is 0 Å². The van der Waals surface area contributed by atoms with Gasteiger partial charge >= 0.3 is 0 Å². The zero-order valence-electron chi connectivity index (χ0n) is 14.5. The topological polar surface area (TPSA) is 44.2 Å². The van der Waals surface area contributed by atoms with Crippen LogP contribution in [-0.4, -0.2) is 24.4 Å². The lowest BCUT2D eigenvalue weighted by Crippen LogP contribution is -1.94. The number of nitrogens with zero attached hydrogens (tertiary/aromatic N) is 2. The summed E-state index contributed by atoms with van der Waals surface area (Å²) in [6.07, 6.45) is 0. The van der Waals surface area contributed by atoms with Crippen molar-refractivity contribution in [1.82, 2.24) is 10.2 Å². The smallest absolute Gasteiger partial charge is 0.128 e. The average Bonchev–Trinajstić information content (AvgIpc) is 2.67. The van der Waals surface area contributed by atoms with Gasteiger partial charge in [0.2, 0.25) is 0 Å². The molecule has 128 valence electrons. The predicted molar refractivity (Wildman–Crippen MR) is 101 cm³/mol. The van der Waals surface area contributed by atoms with E-state index in [2.05, 4.69) is 41.4 Å². The van der Waals surface area contributed by atoms with Gasteiger partial charge < -0.3 is 9.47 Å². The summed E-state index contributed by atoms with van der Waals surface area (Å²) in [5, 5.41) is 9.61. The fraction of sp³-hybridized carbons (Fsp3) is 0.200. The van der Waals surface area contributed by atoms with Crippen molar-refractivity contribution in [2.24, 2.45) is 0 Å². The number of ether oxygens (including phenoxy) is 2. The minimum Gasteiger partial charge on any atom is -0.497 e. The summed E-state index contributed by atoms with van der Waals surface area (Å²) in [4.78, 5) is 0. The third kappa shape index (κ3) is 4.12. The van der Waals surface area contributed by atoms with Gasteiger partial charge in [0.05, 0.1) is 19.9 Å². The Morgan fingerprint density at radius 2 is 1.76 bits per heavy atom. The van der Waals surface area contributed by atoms with Crippen LogP contribution in [0.4, 0.5) is 0 Å². The minimum absolute atomic E-state index is 0.746. The van der Waals surface area contributed by atoms with Crippen molar-refractivity contribution in [3.8, 4) is 22.8 Å². The van der Waals surface area contributed by atoms with E-state index in [1.54, 1.807) is 26.0 Å². The maximum absolute atomic E-state index is 5.42. The molecule has 1 heterocycles. The molecule has 1 aromatic heterocycles. The van der Waals surface area contributed by atoms with Gasteiger partial charge in [0.25, 0.3) is 0 Å². The molecule has 0 bridgehead atoms. The zero-order valence-corrected chi connectivity index (χ0v) is 15.3. The number of aryl methyl sites for hydroxylation is 1. The lowest BCUT2D eigenvalue weighted by Gasteiger charge is -2.10. The zero-order chi connectivity index (χ0) is 17.6. The van der Waals surface area contributed by atoms with Crippen LogP contribution in [0.1, 0.15) is 11.1 Å². The number of rotatable bonds is 6. The number of thioether (sulfide) groups is 1. The van der Waals surface area contributed by atoms with Crippen LogP contribution < -0.4 is 9.47 Å². The van der Waals surface area contributed by atoms with Crippen LogP contribution in [0.5, 0.6) is 11.5 Å². The number of hydrogen-bond acceptors (Lipinski definition) is 5. The molecule has 0 saturated heterocycles. The lowest BCUT2D eigenvalue weighted by atomic mass is 10.1. The number of aromatic nitrogens is 2. The predicted octanol–water partition coefficient (Wildman–Crippen LogP) is 4.76. The summed E-state index contributed by atoms with van der Waals surface area (Å²) in [6, 6.07) is 18.0. The second kappa shape index (κ2) is 8.03.